The van der Waals surface area contributed by atoms with Crippen LogP contribution < -0.4 is 5.73 Å². The molecule has 0 aromatic heterocycles. The third kappa shape index (κ3) is 3.78. The Morgan fingerprint density at radius 2 is 2.17 bits per heavy atom. The minimum absolute atomic E-state index is 0.387. The van der Waals surface area contributed by atoms with Crippen LogP contribution in [0.5, 0.6) is 0 Å². The van der Waals surface area contributed by atoms with Crippen LogP contribution in [-0.2, 0) is 4.74 Å². The molecular weight excluding hydrogens is 170 g/mol. The molecule has 1 fully saturated rings. The fourth-order valence-corrected chi connectivity index (χ4v) is 2.50. The molecule has 0 amide bonds. The molecule has 1 atom stereocenters. The normalized spacial score (nSPS) is 22.5. The lowest BCUT2D eigenvalue weighted by Gasteiger charge is -2.22. The Bertz CT molecular complexity index is 115. The molecule has 3 heteroatoms. The maximum absolute atomic E-state index is 5.84. The van der Waals surface area contributed by atoms with Gasteiger partial charge in [-0.25, -0.2) is 0 Å². The first-order valence-electron chi connectivity index (χ1n) is 4.78. The molecule has 1 aliphatic rings. The van der Waals surface area contributed by atoms with Crippen molar-refractivity contribution in [3.8, 4) is 0 Å². The summed E-state index contributed by atoms with van der Waals surface area (Å²) in [6.07, 6.45) is 3.51. The van der Waals surface area contributed by atoms with Crippen molar-refractivity contribution in [3.63, 3.8) is 0 Å². The second kappa shape index (κ2) is 5.84. The van der Waals surface area contributed by atoms with Crippen molar-refractivity contribution in [1.82, 2.24) is 0 Å². The molecule has 1 rings (SSSR count). The van der Waals surface area contributed by atoms with E-state index in [1.807, 2.05) is 11.8 Å². The van der Waals surface area contributed by atoms with E-state index in [1.165, 1.54) is 12.8 Å². The Morgan fingerprint density at radius 3 is 2.75 bits per heavy atom. The van der Waals surface area contributed by atoms with Crippen LogP contribution in [0.25, 0.3) is 0 Å². The van der Waals surface area contributed by atoms with Gasteiger partial charge in [0.2, 0.25) is 0 Å². The van der Waals surface area contributed by atoms with Crippen LogP contribution in [0.4, 0.5) is 0 Å². The topological polar surface area (TPSA) is 35.2 Å². The highest BCUT2D eigenvalue weighted by atomic mass is 32.2. The molecule has 0 saturated carbocycles. The highest BCUT2D eigenvalue weighted by Gasteiger charge is 2.14. The van der Waals surface area contributed by atoms with Crippen LogP contribution in [-0.4, -0.2) is 30.3 Å². The van der Waals surface area contributed by atoms with E-state index in [9.17, 15) is 0 Å². The van der Waals surface area contributed by atoms with Gasteiger partial charge in [-0.2, -0.15) is 11.8 Å². The summed E-state index contributed by atoms with van der Waals surface area (Å²) in [4.78, 5) is 0. The zero-order valence-electron chi connectivity index (χ0n) is 7.79. The summed E-state index contributed by atoms with van der Waals surface area (Å²) in [5, 5.41) is 0.802. The zero-order valence-corrected chi connectivity index (χ0v) is 8.61. The Hall–Kier alpha value is 0.270. The van der Waals surface area contributed by atoms with Crippen molar-refractivity contribution in [2.45, 2.75) is 37.5 Å². The van der Waals surface area contributed by atoms with Gasteiger partial charge < -0.3 is 10.5 Å². The standard InChI is InChI=1S/C9H19NOS/c1-2-8(10)7-12-9-3-5-11-6-4-9/h8-9H,2-7,10H2,1H3. The molecule has 0 spiro atoms. The third-order valence-corrected chi connectivity index (χ3v) is 3.80. The van der Waals surface area contributed by atoms with Crippen LogP contribution in [0.2, 0.25) is 0 Å². The minimum Gasteiger partial charge on any atom is -0.381 e. The number of hydrogen-bond acceptors (Lipinski definition) is 3. The van der Waals surface area contributed by atoms with Crippen molar-refractivity contribution in [3.05, 3.63) is 0 Å². The molecule has 0 aliphatic carbocycles. The molecule has 1 unspecified atom stereocenters. The quantitative estimate of drug-likeness (QED) is 0.730. The van der Waals surface area contributed by atoms with Crippen molar-refractivity contribution >= 4 is 11.8 Å². The van der Waals surface area contributed by atoms with Crippen molar-refractivity contribution < 1.29 is 4.74 Å². The second-order valence-electron chi connectivity index (χ2n) is 3.31. The van der Waals surface area contributed by atoms with Gasteiger partial charge in [-0.15, -0.1) is 0 Å². The van der Waals surface area contributed by atoms with Gasteiger partial charge in [0.1, 0.15) is 0 Å². The maximum atomic E-state index is 5.84. The van der Waals surface area contributed by atoms with Gasteiger partial charge in [0.15, 0.2) is 0 Å². The molecule has 0 aromatic carbocycles. The molecule has 72 valence electrons. The zero-order chi connectivity index (χ0) is 8.81. The molecule has 1 heterocycles. The lowest BCUT2D eigenvalue weighted by atomic mass is 10.2. The molecule has 0 bridgehead atoms. The van der Waals surface area contributed by atoms with E-state index in [2.05, 4.69) is 6.92 Å². The Labute approximate surface area is 79.2 Å². The van der Waals surface area contributed by atoms with Crippen molar-refractivity contribution in [2.75, 3.05) is 19.0 Å². The van der Waals surface area contributed by atoms with Gasteiger partial charge in [-0.05, 0) is 19.3 Å². The predicted octanol–water partition coefficient (Wildman–Crippen LogP) is 1.64. The van der Waals surface area contributed by atoms with Crippen molar-refractivity contribution in [1.29, 1.82) is 0 Å². The largest absolute Gasteiger partial charge is 0.381 e. The Kier molecular flexibility index (Phi) is 5.04. The molecule has 12 heavy (non-hydrogen) atoms. The van der Waals surface area contributed by atoms with E-state index in [-0.39, 0.29) is 0 Å². The minimum atomic E-state index is 0.387. The van der Waals surface area contributed by atoms with Gasteiger partial charge in [0, 0.05) is 30.3 Å². The van der Waals surface area contributed by atoms with Crippen LogP contribution in [0.3, 0.4) is 0 Å². The maximum Gasteiger partial charge on any atom is 0.0476 e. The number of ether oxygens (including phenoxy) is 1. The second-order valence-corrected chi connectivity index (χ2v) is 4.65. The average molecular weight is 189 g/mol. The molecule has 2 N–H and O–H groups in total. The first kappa shape index (κ1) is 10.4. The molecule has 0 aromatic rings. The monoisotopic (exact) mass is 189 g/mol. The predicted molar refractivity (Wildman–Crippen MR) is 54.6 cm³/mol. The molecule has 2 nitrogen and oxygen atoms in total. The molecule has 0 radical (unpaired) electrons. The third-order valence-electron chi connectivity index (χ3n) is 2.24. The number of rotatable bonds is 4. The highest BCUT2D eigenvalue weighted by Crippen LogP contribution is 2.22. The van der Waals surface area contributed by atoms with Crippen molar-refractivity contribution in [2.24, 2.45) is 5.73 Å². The van der Waals surface area contributed by atoms with Gasteiger partial charge in [-0.1, -0.05) is 6.92 Å². The molecule has 1 aliphatic heterocycles. The van der Waals surface area contributed by atoms with E-state index in [0.717, 1.165) is 30.6 Å². The first-order chi connectivity index (χ1) is 5.83. The number of hydrogen-bond donors (Lipinski definition) is 1. The molecular formula is C9H19NOS. The lowest BCUT2D eigenvalue weighted by molar-refractivity contribution is 0.1000. The fourth-order valence-electron chi connectivity index (χ4n) is 1.22. The summed E-state index contributed by atoms with van der Waals surface area (Å²) in [6.45, 7) is 4.03. The van der Waals surface area contributed by atoms with E-state index >= 15 is 0 Å². The van der Waals surface area contributed by atoms with E-state index in [0.29, 0.717) is 6.04 Å². The van der Waals surface area contributed by atoms with Crippen LogP contribution in [0.1, 0.15) is 26.2 Å². The van der Waals surface area contributed by atoms with Gasteiger partial charge in [0.25, 0.3) is 0 Å². The summed E-state index contributed by atoms with van der Waals surface area (Å²) >= 11 is 2.03. The van der Waals surface area contributed by atoms with E-state index in [1.54, 1.807) is 0 Å². The van der Waals surface area contributed by atoms with Crippen LogP contribution in [0.15, 0.2) is 0 Å². The summed E-state index contributed by atoms with van der Waals surface area (Å²) < 4.78 is 5.29. The smallest absolute Gasteiger partial charge is 0.0476 e. The summed E-state index contributed by atoms with van der Waals surface area (Å²) in [6, 6.07) is 0.387. The highest BCUT2D eigenvalue weighted by molar-refractivity contribution is 7.99. The Morgan fingerprint density at radius 1 is 1.50 bits per heavy atom. The molecule has 1 saturated heterocycles. The van der Waals surface area contributed by atoms with Gasteiger partial charge in [-0.3, -0.25) is 0 Å². The van der Waals surface area contributed by atoms with Crippen LogP contribution >= 0.6 is 11.8 Å². The summed E-state index contributed by atoms with van der Waals surface area (Å²) in [7, 11) is 0. The van der Waals surface area contributed by atoms with Gasteiger partial charge in [0.05, 0.1) is 0 Å². The fraction of sp³-hybridized carbons (Fsp3) is 1.00. The number of nitrogens with two attached hydrogens (primary N) is 1. The lowest BCUT2D eigenvalue weighted by Crippen LogP contribution is -2.25. The van der Waals surface area contributed by atoms with Crippen LogP contribution in [0, 0.1) is 0 Å². The Balaban J connectivity index is 2.05. The number of thioether (sulfide) groups is 1. The SMILES string of the molecule is CCC(N)CSC1CCOCC1. The first-order valence-corrected chi connectivity index (χ1v) is 5.82. The van der Waals surface area contributed by atoms with Gasteiger partial charge >= 0.3 is 0 Å². The summed E-state index contributed by atoms with van der Waals surface area (Å²) in [5.74, 6) is 1.11. The average Bonchev–Trinajstić information content (AvgIpc) is 2.16. The van der Waals surface area contributed by atoms with E-state index < -0.39 is 0 Å². The summed E-state index contributed by atoms with van der Waals surface area (Å²) in [5.41, 5.74) is 5.84. The van der Waals surface area contributed by atoms with E-state index in [4.69, 9.17) is 10.5 Å².